The van der Waals surface area contributed by atoms with Gasteiger partial charge in [0.05, 0.1) is 22.0 Å². The quantitative estimate of drug-likeness (QED) is 0.406. The third-order valence-electron chi connectivity index (χ3n) is 5.04. The van der Waals surface area contributed by atoms with Crippen LogP contribution in [0, 0.1) is 0 Å². The molecule has 0 aliphatic heterocycles. The van der Waals surface area contributed by atoms with Gasteiger partial charge in [-0.1, -0.05) is 59.4 Å². The number of nitrogens with one attached hydrogen (secondary N) is 1. The van der Waals surface area contributed by atoms with Crippen molar-refractivity contribution in [3.05, 3.63) is 62.1 Å². The maximum Gasteiger partial charge on any atom is 0.244 e. The minimum Gasteiger partial charge on any atom is -0.352 e. The normalized spacial score (nSPS) is 12.4. The molecule has 0 saturated carbocycles. The molecule has 0 radical (unpaired) electrons. The number of hydrogen-bond donors (Lipinski definition) is 1. The summed E-state index contributed by atoms with van der Waals surface area (Å²) >= 11 is 24.4. The molecular weight excluding hydrogens is 556 g/mol. The number of sulfonamides is 1. The van der Waals surface area contributed by atoms with E-state index in [0.717, 1.165) is 10.6 Å². The van der Waals surface area contributed by atoms with Crippen molar-refractivity contribution in [2.24, 2.45) is 0 Å². The molecule has 0 aliphatic carbocycles. The summed E-state index contributed by atoms with van der Waals surface area (Å²) in [4.78, 5) is 27.9. The Bertz CT molecular complexity index is 1190. The van der Waals surface area contributed by atoms with Crippen molar-refractivity contribution in [3.63, 3.8) is 0 Å². The SMILES string of the molecule is CC[C@@H](C(=O)NC(C)C)N(Cc1ccc(Cl)cc1Cl)C(=O)CN(c1ccc(Cl)c(Cl)c1)S(C)(=O)=O. The highest BCUT2D eigenvalue weighted by atomic mass is 35.5. The molecule has 35 heavy (non-hydrogen) atoms. The van der Waals surface area contributed by atoms with Gasteiger partial charge in [-0.2, -0.15) is 0 Å². The Kier molecular flexibility index (Phi) is 10.5. The highest BCUT2D eigenvalue weighted by Gasteiger charge is 2.32. The standard InChI is InChI=1S/C23H27Cl4N3O4S/c1-5-21(23(32)28-14(2)3)29(12-15-6-7-16(24)10-19(15)26)22(31)13-30(35(4,33)34)17-8-9-18(25)20(27)11-17/h6-11,14,21H,5,12-13H2,1-4H3,(H,28,32)/t21-/m0/s1. The summed E-state index contributed by atoms with van der Waals surface area (Å²) in [5.74, 6) is -0.959. The van der Waals surface area contributed by atoms with E-state index in [2.05, 4.69) is 5.32 Å². The van der Waals surface area contributed by atoms with E-state index >= 15 is 0 Å². The molecule has 2 aromatic rings. The van der Waals surface area contributed by atoms with Gasteiger partial charge in [0.2, 0.25) is 21.8 Å². The van der Waals surface area contributed by atoms with Gasteiger partial charge in [-0.15, -0.1) is 0 Å². The lowest BCUT2D eigenvalue weighted by molar-refractivity contribution is -0.140. The summed E-state index contributed by atoms with van der Waals surface area (Å²) in [5, 5.41) is 3.93. The van der Waals surface area contributed by atoms with Crippen LogP contribution in [-0.4, -0.2) is 50.0 Å². The molecule has 1 atom stereocenters. The summed E-state index contributed by atoms with van der Waals surface area (Å²) in [5.41, 5.74) is 0.722. The average molecular weight is 583 g/mol. The zero-order valence-electron chi connectivity index (χ0n) is 19.7. The number of benzene rings is 2. The molecule has 0 spiro atoms. The van der Waals surface area contributed by atoms with Crippen molar-refractivity contribution in [3.8, 4) is 0 Å². The van der Waals surface area contributed by atoms with Crippen LogP contribution in [-0.2, 0) is 26.2 Å². The Hall–Kier alpha value is -1.71. The van der Waals surface area contributed by atoms with E-state index in [1.807, 2.05) is 13.8 Å². The van der Waals surface area contributed by atoms with Crippen molar-refractivity contribution in [1.29, 1.82) is 0 Å². The van der Waals surface area contributed by atoms with Crippen molar-refractivity contribution in [2.75, 3.05) is 17.1 Å². The molecule has 0 unspecified atom stereocenters. The van der Waals surface area contributed by atoms with Crippen LogP contribution in [0.25, 0.3) is 0 Å². The molecule has 2 aromatic carbocycles. The van der Waals surface area contributed by atoms with Gasteiger partial charge in [0, 0.05) is 22.6 Å². The highest BCUT2D eigenvalue weighted by Crippen LogP contribution is 2.29. The van der Waals surface area contributed by atoms with E-state index in [9.17, 15) is 18.0 Å². The van der Waals surface area contributed by atoms with Gasteiger partial charge >= 0.3 is 0 Å². The van der Waals surface area contributed by atoms with Gasteiger partial charge in [-0.3, -0.25) is 13.9 Å². The Morgan fingerprint density at radius 2 is 1.63 bits per heavy atom. The average Bonchev–Trinajstić information content (AvgIpc) is 2.74. The highest BCUT2D eigenvalue weighted by molar-refractivity contribution is 7.92. The van der Waals surface area contributed by atoms with E-state index in [4.69, 9.17) is 46.4 Å². The first-order chi connectivity index (χ1) is 16.2. The lowest BCUT2D eigenvalue weighted by Crippen LogP contribution is -2.53. The maximum atomic E-state index is 13.6. The lowest BCUT2D eigenvalue weighted by atomic mass is 10.1. The topological polar surface area (TPSA) is 86.8 Å². The predicted octanol–water partition coefficient (Wildman–Crippen LogP) is 5.40. The summed E-state index contributed by atoms with van der Waals surface area (Å²) < 4.78 is 26.2. The number of rotatable bonds is 10. The summed E-state index contributed by atoms with van der Waals surface area (Å²) in [7, 11) is -3.89. The molecule has 12 heteroatoms. The first-order valence-electron chi connectivity index (χ1n) is 10.7. The van der Waals surface area contributed by atoms with Crippen molar-refractivity contribution < 1.29 is 18.0 Å². The molecule has 0 aromatic heterocycles. The van der Waals surface area contributed by atoms with Crippen molar-refractivity contribution >= 4 is 73.9 Å². The Morgan fingerprint density at radius 3 is 2.14 bits per heavy atom. The minimum absolute atomic E-state index is 0.0299. The van der Waals surface area contributed by atoms with Crippen molar-refractivity contribution in [1.82, 2.24) is 10.2 Å². The number of carbonyl (C=O) groups excluding carboxylic acids is 2. The molecule has 1 N–H and O–H groups in total. The number of hydrogen-bond acceptors (Lipinski definition) is 4. The third kappa shape index (κ3) is 8.15. The fourth-order valence-electron chi connectivity index (χ4n) is 3.39. The molecule has 7 nitrogen and oxygen atoms in total. The van der Waals surface area contributed by atoms with Crippen molar-refractivity contribution in [2.45, 2.75) is 45.8 Å². The molecule has 0 saturated heterocycles. The molecular formula is C23H27Cl4N3O4S. The molecule has 0 aliphatic rings. The largest absolute Gasteiger partial charge is 0.352 e. The van der Waals surface area contributed by atoms with Gasteiger partial charge in [-0.25, -0.2) is 8.42 Å². The van der Waals surface area contributed by atoms with Crippen LogP contribution in [0.15, 0.2) is 36.4 Å². The molecule has 192 valence electrons. The number of amides is 2. The fourth-order valence-corrected chi connectivity index (χ4v) is 4.99. The van der Waals surface area contributed by atoms with Gasteiger partial charge < -0.3 is 10.2 Å². The predicted molar refractivity (Wildman–Crippen MR) is 143 cm³/mol. The van der Waals surface area contributed by atoms with Crippen LogP contribution < -0.4 is 9.62 Å². The molecule has 2 rings (SSSR count). The van der Waals surface area contributed by atoms with E-state index in [0.29, 0.717) is 22.0 Å². The van der Waals surface area contributed by atoms with Crippen LogP contribution >= 0.6 is 46.4 Å². The second-order valence-electron chi connectivity index (χ2n) is 8.21. The van der Waals surface area contributed by atoms with Gasteiger partial charge in [0.25, 0.3) is 0 Å². The Balaban J connectivity index is 2.50. The van der Waals surface area contributed by atoms with E-state index in [1.54, 1.807) is 19.1 Å². The second-order valence-corrected chi connectivity index (χ2v) is 11.8. The Labute approximate surface area is 226 Å². The number of carbonyl (C=O) groups is 2. The van der Waals surface area contributed by atoms with Crippen LogP contribution in [0.4, 0.5) is 5.69 Å². The van der Waals surface area contributed by atoms with Crippen LogP contribution in [0.2, 0.25) is 20.1 Å². The lowest BCUT2D eigenvalue weighted by Gasteiger charge is -2.33. The zero-order valence-corrected chi connectivity index (χ0v) is 23.5. The maximum absolute atomic E-state index is 13.6. The van der Waals surface area contributed by atoms with Crippen LogP contribution in [0.1, 0.15) is 32.8 Å². The first kappa shape index (κ1) is 29.5. The monoisotopic (exact) mass is 581 g/mol. The minimum atomic E-state index is -3.89. The van der Waals surface area contributed by atoms with Crippen LogP contribution in [0.5, 0.6) is 0 Å². The number of anilines is 1. The molecule has 0 bridgehead atoms. The molecule has 0 heterocycles. The summed E-state index contributed by atoms with van der Waals surface area (Å²) in [6.07, 6.45) is 1.27. The molecule has 0 fully saturated rings. The molecule has 2 amide bonds. The van der Waals surface area contributed by atoms with Gasteiger partial charge in [0.15, 0.2) is 0 Å². The smallest absolute Gasteiger partial charge is 0.244 e. The number of halogens is 4. The van der Waals surface area contributed by atoms with E-state index < -0.39 is 28.5 Å². The summed E-state index contributed by atoms with van der Waals surface area (Å²) in [6.45, 7) is 4.79. The van der Waals surface area contributed by atoms with Gasteiger partial charge in [-0.05, 0) is 56.2 Å². The van der Waals surface area contributed by atoms with Crippen LogP contribution in [0.3, 0.4) is 0 Å². The zero-order chi connectivity index (χ0) is 26.5. The Morgan fingerprint density at radius 1 is 0.971 bits per heavy atom. The number of nitrogens with zero attached hydrogens (tertiary/aromatic N) is 2. The van der Waals surface area contributed by atoms with E-state index in [1.165, 1.54) is 29.2 Å². The first-order valence-corrected chi connectivity index (χ1v) is 14.1. The fraction of sp³-hybridized carbons (Fsp3) is 0.391. The van der Waals surface area contributed by atoms with Gasteiger partial charge in [0.1, 0.15) is 12.6 Å². The second kappa shape index (κ2) is 12.5. The summed E-state index contributed by atoms with van der Waals surface area (Å²) in [6, 6.07) is 8.05. The van der Waals surface area contributed by atoms with E-state index in [-0.39, 0.29) is 34.2 Å². The third-order valence-corrected chi connectivity index (χ3v) is 7.51.